The zero-order valence-corrected chi connectivity index (χ0v) is 15.2. The second-order valence-electron chi connectivity index (χ2n) is 5.69. The lowest BCUT2D eigenvalue weighted by Crippen LogP contribution is -2.31. The number of carbonyl (C=O) groups excluding carboxylic acids is 1. The van der Waals surface area contributed by atoms with E-state index in [1.807, 2.05) is 0 Å². The van der Waals surface area contributed by atoms with Crippen molar-refractivity contribution in [1.29, 1.82) is 0 Å². The maximum absolute atomic E-state index is 13.7. The summed E-state index contributed by atoms with van der Waals surface area (Å²) in [5, 5.41) is 0.628. The number of nitrogens with zero attached hydrogens (tertiary/aromatic N) is 2. The first-order valence-corrected chi connectivity index (χ1v) is 9.10. The maximum atomic E-state index is 13.7. The molecule has 2 aromatic heterocycles. The number of esters is 1. The molecule has 0 saturated heterocycles. The van der Waals surface area contributed by atoms with E-state index in [1.54, 1.807) is 6.07 Å². The zero-order valence-electron chi connectivity index (χ0n) is 12.8. The van der Waals surface area contributed by atoms with Crippen molar-refractivity contribution < 1.29 is 18.3 Å². The molecule has 8 heteroatoms. The molecule has 1 saturated carbocycles. The van der Waals surface area contributed by atoms with Crippen molar-refractivity contribution >= 4 is 33.2 Å². The van der Waals surface area contributed by atoms with E-state index < -0.39 is 23.9 Å². The van der Waals surface area contributed by atoms with Crippen LogP contribution in [0.3, 0.4) is 0 Å². The average Bonchev–Trinajstić information content (AvgIpc) is 2.96. The SMILES string of the molecule is COC(=O)C1CC(F)CCC1c1nc(-c2ccc(F)cn2)sc1Br. The third-order valence-electron chi connectivity index (χ3n) is 4.20. The Morgan fingerprint density at radius 1 is 1.42 bits per heavy atom. The highest BCUT2D eigenvalue weighted by Gasteiger charge is 2.39. The van der Waals surface area contributed by atoms with E-state index >= 15 is 0 Å². The lowest BCUT2D eigenvalue weighted by Gasteiger charge is -2.30. The van der Waals surface area contributed by atoms with Crippen LogP contribution in [0.15, 0.2) is 22.1 Å². The highest BCUT2D eigenvalue weighted by Crippen LogP contribution is 2.44. The van der Waals surface area contributed by atoms with Gasteiger partial charge in [-0.2, -0.15) is 0 Å². The minimum Gasteiger partial charge on any atom is -0.469 e. The standard InChI is InChI=1S/C16H15BrF2N2O2S/c1-23-16(22)11-6-8(18)2-4-10(11)13-14(17)24-15(21-13)12-5-3-9(19)7-20-12/h3,5,7-8,10-11H,2,4,6H2,1H3. The van der Waals surface area contributed by atoms with Gasteiger partial charge in [-0.3, -0.25) is 9.78 Å². The van der Waals surface area contributed by atoms with Crippen LogP contribution in [-0.2, 0) is 9.53 Å². The zero-order chi connectivity index (χ0) is 17.3. The van der Waals surface area contributed by atoms with E-state index in [1.165, 1.54) is 24.5 Å². The molecule has 3 atom stereocenters. The van der Waals surface area contributed by atoms with Crippen molar-refractivity contribution in [1.82, 2.24) is 9.97 Å². The lowest BCUT2D eigenvalue weighted by atomic mass is 9.77. The van der Waals surface area contributed by atoms with Crippen molar-refractivity contribution in [3.05, 3.63) is 33.6 Å². The third kappa shape index (κ3) is 3.49. The number of alkyl halides is 1. The average molecular weight is 417 g/mol. The minimum absolute atomic E-state index is 0.144. The van der Waals surface area contributed by atoms with Crippen molar-refractivity contribution in [2.45, 2.75) is 31.4 Å². The summed E-state index contributed by atoms with van der Waals surface area (Å²) in [6, 6.07) is 2.88. The van der Waals surface area contributed by atoms with E-state index in [0.29, 0.717) is 29.2 Å². The van der Waals surface area contributed by atoms with Gasteiger partial charge in [0.15, 0.2) is 0 Å². The van der Waals surface area contributed by atoms with E-state index in [9.17, 15) is 13.6 Å². The number of carbonyl (C=O) groups is 1. The minimum atomic E-state index is -0.999. The van der Waals surface area contributed by atoms with Gasteiger partial charge in [0, 0.05) is 5.92 Å². The summed E-state index contributed by atoms with van der Waals surface area (Å²) in [7, 11) is 1.31. The number of halogens is 3. The lowest BCUT2D eigenvalue weighted by molar-refractivity contribution is -0.148. The molecule has 2 aromatic rings. The Hall–Kier alpha value is -1.41. The summed E-state index contributed by atoms with van der Waals surface area (Å²) >= 11 is 4.85. The molecule has 1 aliphatic rings. The number of rotatable bonds is 3. The monoisotopic (exact) mass is 416 g/mol. The van der Waals surface area contributed by atoms with Crippen LogP contribution in [0.25, 0.3) is 10.7 Å². The number of methoxy groups -OCH3 is 1. The van der Waals surface area contributed by atoms with Crippen molar-refractivity contribution in [3.8, 4) is 10.7 Å². The first kappa shape index (κ1) is 17.4. The Bertz CT molecular complexity index is 738. The summed E-state index contributed by atoms with van der Waals surface area (Å²) in [6.07, 6.45) is 1.20. The Morgan fingerprint density at radius 2 is 2.21 bits per heavy atom. The van der Waals surface area contributed by atoms with Gasteiger partial charge in [-0.25, -0.2) is 13.8 Å². The summed E-state index contributed by atoms with van der Waals surface area (Å²) < 4.78 is 32.4. The molecule has 3 rings (SSSR count). The second kappa shape index (κ2) is 7.23. The Morgan fingerprint density at radius 3 is 2.88 bits per heavy atom. The highest BCUT2D eigenvalue weighted by molar-refractivity contribution is 9.11. The first-order valence-electron chi connectivity index (χ1n) is 7.49. The van der Waals surface area contributed by atoms with Crippen LogP contribution in [0.1, 0.15) is 30.9 Å². The van der Waals surface area contributed by atoms with Crippen molar-refractivity contribution in [2.75, 3.05) is 7.11 Å². The summed E-state index contributed by atoms with van der Waals surface area (Å²) in [5.74, 6) is -1.58. The summed E-state index contributed by atoms with van der Waals surface area (Å²) in [6.45, 7) is 0. The normalized spacial score (nSPS) is 23.9. The maximum Gasteiger partial charge on any atom is 0.309 e. The van der Waals surface area contributed by atoms with Crippen LogP contribution in [-0.4, -0.2) is 29.2 Å². The fraction of sp³-hybridized carbons (Fsp3) is 0.438. The molecule has 2 heterocycles. The van der Waals surface area contributed by atoms with Gasteiger partial charge in [-0.15, -0.1) is 11.3 Å². The van der Waals surface area contributed by atoms with Gasteiger partial charge < -0.3 is 4.74 Å². The van der Waals surface area contributed by atoms with Crippen molar-refractivity contribution in [3.63, 3.8) is 0 Å². The van der Waals surface area contributed by atoms with Crippen LogP contribution in [0.5, 0.6) is 0 Å². The van der Waals surface area contributed by atoms with Gasteiger partial charge >= 0.3 is 5.97 Å². The van der Waals surface area contributed by atoms with E-state index in [4.69, 9.17) is 4.74 Å². The number of aromatic nitrogens is 2. The quantitative estimate of drug-likeness (QED) is 0.691. The Balaban J connectivity index is 1.93. The van der Waals surface area contributed by atoms with E-state index in [-0.39, 0.29) is 12.3 Å². The number of ether oxygens (including phenoxy) is 1. The topological polar surface area (TPSA) is 52.1 Å². The molecule has 0 spiro atoms. The van der Waals surface area contributed by atoms with E-state index in [2.05, 4.69) is 25.9 Å². The van der Waals surface area contributed by atoms with Crippen molar-refractivity contribution in [2.24, 2.45) is 5.92 Å². The first-order chi connectivity index (χ1) is 11.5. The van der Waals surface area contributed by atoms with Crippen LogP contribution in [0.4, 0.5) is 8.78 Å². The molecule has 0 aliphatic heterocycles. The van der Waals surface area contributed by atoms with Gasteiger partial charge in [-0.1, -0.05) is 0 Å². The summed E-state index contributed by atoms with van der Waals surface area (Å²) in [5.41, 5.74) is 1.27. The fourth-order valence-electron chi connectivity index (χ4n) is 3.01. The smallest absolute Gasteiger partial charge is 0.309 e. The molecular weight excluding hydrogens is 402 g/mol. The molecule has 24 heavy (non-hydrogen) atoms. The molecule has 128 valence electrons. The van der Waals surface area contributed by atoms with Gasteiger partial charge in [0.1, 0.15) is 17.0 Å². The molecule has 0 bridgehead atoms. The van der Waals surface area contributed by atoms with Gasteiger partial charge in [-0.05, 0) is 47.3 Å². The number of thiazole rings is 1. The second-order valence-corrected chi connectivity index (χ2v) is 8.00. The summed E-state index contributed by atoms with van der Waals surface area (Å²) in [4.78, 5) is 20.7. The Labute approximate surface area is 150 Å². The number of hydrogen-bond donors (Lipinski definition) is 0. The molecule has 4 nitrogen and oxygen atoms in total. The number of hydrogen-bond acceptors (Lipinski definition) is 5. The van der Waals surface area contributed by atoms with E-state index in [0.717, 1.165) is 9.98 Å². The van der Waals surface area contributed by atoms with Crippen LogP contribution in [0, 0.1) is 11.7 Å². The molecule has 0 N–H and O–H groups in total. The molecule has 0 amide bonds. The predicted molar refractivity (Wildman–Crippen MR) is 90.0 cm³/mol. The predicted octanol–water partition coefficient (Wildman–Crippen LogP) is 4.50. The fourth-order valence-corrected chi connectivity index (χ4v) is 4.70. The molecule has 1 fully saturated rings. The molecule has 0 radical (unpaired) electrons. The highest BCUT2D eigenvalue weighted by atomic mass is 79.9. The van der Waals surface area contributed by atoms with Crippen LogP contribution < -0.4 is 0 Å². The Kier molecular flexibility index (Phi) is 5.24. The third-order valence-corrected chi connectivity index (χ3v) is 5.97. The van der Waals surface area contributed by atoms with Gasteiger partial charge in [0.2, 0.25) is 0 Å². The molecule has 1 aliphatic carbocycles. The largest absolute Gasteiger partial charge is 0.469 e. The van der Waals surface area contributed by atoms with Crippen LogP contribution >= 0.6 is 27.3 Å². The van der Waals surface area contributed by atoms with Gasteiger partial charge in [0.25, 0.3) is 0 Å². The molecule has 0 aromatic carbocycles. The molecular formula is C16H15BrF2N2O2S. The number of pyridine rings is 1. The van der Waals surface area contributed by atoms with Gasteiger partial charge in [0.05, 0.1) is 34.4 Å². The van der Waals surface area contributed by atoms with Crippen LogP contribution in [0.2, 0.25) is 0 Å². The molecule has 3 unspecified atom stereocenters.